The summed E-state index contributed by atoms with van der Waals surface area (Å²) in [5, 5.41) is 0. The molecule has 0 radical (unpaired) electrons. The molecule has 3 fully saturated rings. The van der Waals surface area contributed by atoms with Crippen molar-refractivity contribution in [3.63, 3.8) is 0 Å². The van der Waals surface area contributed by atoms with Crippen molar-refractivity contribution in [3.05, 3.63) is 0 Å². The quantitative estimate of drug-likeness (QED) is 0.519. The summed E-state index contributed by atoms with van der Waals surface area (Å²) in [6, 6.07) is 0. The Kier molecular flexibility index (Phi) is 6.63. The predicted molar refractivity (Wildman–Crippen MR) is 131 cm³/mol. The molecule has 0 spiro atoms. The van der Waals surface area contributed by atoms with E-state index in [1.807, 2.05) is 0 Å². The second-order valence-corrected chi connectivity index (χ2v) is 12.9. The van der Waals surface area contributed by atoms with Crippen LogP contribution in [0.4, 0.5) is 0 Å². The third kappa shape index (κ3) is 4.47. The fraction of sp³-hybridized carbons (Fsp3) is 1.00. The molecule has 32 heavy (non-hydrogen) atoms. The van der Waals surface area contributed by atoms with Gasteiger partial charge in [0.15, 0.2) is 0 Å². The van der Waals surface area contributed by atoms with Crippen LogP contribution in [0.2, 0.25) is 12.0 Å². The SMILES string of the molecule is CCC(CB1OC(C)(C)C(C)(C)O1)C(B1OC(C)(C)C(C)(C)O1)B1OC(C)(C)C(C)(C)O1. The van der Waals surface area contributed by atoms with Crippen LogP contribution in [0.1, 0.15) is 96.4 Å². The summed E-state index contributed by atoms with van der Waals surface area (Å²) in [6.07, 6.45) is 1.63. The molecule has 0 amide bonds. The summed E-state index contributed by atoms with van der Waals surface area (Å²) in [4.78, 5) is 0. The summed E-state index contributed by atoms with van der Waals surface area (Å²) in [5.41, 5.74) is -2.56. The minimum Gasteiger partial charge on any atom is -0.403 e. The van der Waals surface area contributed by atoms with Crippen LogP contribution in [0, 0.1) is 5.92 Å². The van der Waals surface area contributed by atoms with Gasteiger partial charge in [0, 0.05) is 5.72 Å². The summed E-state index contributed by atoms with van der Waals surface area (Å²) < 4.78 is 38.9. The Hall–Kier alpha value is -0.0452. The lowest BCUT2D eigenvalue weighted by molar-refractivity contribution is 0.00578. The molecule has 3 aliphatic rings. The van der Waals surface area contributed by atoms with E-state index in [1.165, 1.54) is 0 Å². The van der Waals surface area contributed by atoms with E-state index < -0.39 is 36.6 Å². The van der Waals surface area contributed by atoms with Gasteiger partial charge in [0.25, 0.3) is 0 Å². The Morgan fingerprint density at radius 1 is 0.500 bits per heavy atom. The molecule has 3 saturated heterocycles. The monoisotopic (exact) mass is 450 g/mol. The Balaban J connectivity index is 1.90. The van der Waals surface area contributed by atoms with Gasteiger partial charge in [-0.05, 0) is 95.3 Å². The lowest BCUT2D eigenvalue weighted by atomic mass is 9.44. The summed E-state index contributed by atoms with van der Waals surface area (Å²) >= 11 is 0. The number of hydrogen-bond acceptors (Lipinski definition) is 6. The molecule has 0 bridgehead atoms. The molecule has 0 saturated carbocycles. The third-order valence-electron chi connectivity index (χ3n) is 9.04. The van der Waals surface area contributed by atoms with Gasteiger partial charge in [-0.25, -0.2) is 0 Å². The molecule has 0 aromatic heterocycles. The smallest absolute Gasteiger partial charge is 0.403 e. The maximum Gasteiger partial charge on any atom is 0.459 e. The largest absolute Gasteiger partial charge is 0.459 e. The molecular formula is C23H45B3O6. The van der Waals surface area contributed by atoms with E-state index in [0.29, 0.717) is 0 Å². The molecule has 182 valence electrons. The highest BCUT2D eigenvalue weighted by Gasteiger charge is 2.64. The zero-order valence-corrected chi connectivity index (χ0v) is 22.8. The van der Waals surface area contributed by atoms with E-state index in [-0.39, 0.29) is 30.0 Å². The zero-order chi connectivity index (χ0) is 24.5. The van der Waals surface area contributed by atoms with E-state index >= 15 is 0 Å². The van der Waals surface area contributed by atoms with Gasteiger partial charge in [-0.1, -0.05) is 13.3 Å². The lowest BCUT2D eigenvalue weighted by Crippen LogP contribution is -2.44. The molecule has 0 aliphatic carbocycles. The summed E-state index contributed by atoms with van der Waals surface area (Å²) in [5.74, 6) is 0.161. The molecule has 0 N–H and O–H groups in total. The highest BCUT2D eigenvalue weighted by molar-refractivity contribution is 6.68. The first-order valence-electron chi connectivity index (χ1n) is 12.3. The van der Waals surface area contributed by atoms with Crippen molar-refractivity contribution in [2.75, 3.05) is 0 Å². The van der Waals surface area contributed by atoms with Crippen molar-refractivity contribution < 1.29 is 27.9 Å². The van der Waals surface area contributed by atoms with Crippen LogP contribution >= 0.6 is 0 Å². The molecule has 3 heterocycles. The summed E-state index contributed by atoms with van der Waals surface area (Å²) in [6.45, 7) is 27.3. The topological polar surface area (TPSA) is 55.4 Å². The van der Waals surface area contributed by atoms with Crippen molar-refractivity contribution in [1.29, 1.82) is 0 Å². The van der Waals surface area contributed by atoms with Crippen molar-refractivity contribution in [3.8, 4) is 0 Å². The van der Waals surface area contributed by atoms with Crippen LogP contribution in [0.5, 0.6) is 0 Å². The maximum atomic E-state index is 6.54. The van der Waals surface area contributed by atoms with Crippen molar-refractivity contribution in [2.24, 2.45) is 5.92 Å². The van der Waals surface area contributed by atoms with Gasteiger partial charge in [-0.2, -0.15) is 0 Å². The maximum absolute atomic E-state index is 6.54. The van der Waals surface area contributed by atoms with Crippen LogP contribution in [-0.2, 0) is 27.9 Å². The lowest BCUT2D eigenvalue weighted by Gasteiger charge is -2.32. The molecule has 9 heteroatoms. The van der Waals surface area contributed by atoms with E-state index in [2.05, 4.69) is 90.0 Å². The van der Waals surface area contributed by atoms with Gasteiger partial charge in [0.1, 0.15) is 0 Å². The Labute approximate surface area is 197 Å². The fourth-order valence-electron chi connectivity index (χ4n) is 4.57. The predicted octanol–water partition coefficient (Wildman–Crippen LogP) is 5.20. The van der Waals surface area contributed by atoms with E-state index in [4.69, 9.17) is 27.9 Å². The van der Waals surface area contributed by atoms with Gasteiger partial charge < -0.3 is 27.9 Å². The first-order chi connectivity index (χ1) is 14.3. The van der Waals surface area contributed by atoms with Crippen LogP contribution < -0.4 is 0 Å². The van der Waals surface area contributed by atoms with Crippen LogP contribution in [-0.4, -0.2) is 55.0 Å². The van der Waals surface area contributed by atoms with Gasteiger partial charge >= 0.3 is 21.4 Å². The van der Waals surface area contributed by atoms with Gasteiger partial charge in [0.05, 0.1) is 33.6 Å². The fourth-order valence-corrected chi connectivity index (χ4v) is 4.57. The van der Waals surface area contributed by atoms with Crippen molar-refractivity contribution in [1.82, 2.24) is 0 Å². The molecule has 6 nitrogen and oxygen atoms in total. The minimum absolute atomic E-state index is 0.124. The summed E-state index contributed by atoms with van der Waals surface area (Å²) in [7, 11) is -1.18. The van der Waals surface area contributed by atoms with E-state index in [0.717, 1.165) is 12.7 Å². The van der Waals surface area contributed by atoms with Gasteiger partial charge in [-0.15, -0.1) is 0 Å². The molecule has 1 unspecified atom stereocenters. The van der Waals surface area contributed by atoms with Gasteiger partial charge in [0.2, 0.25) is 0 Å². The Morgan fingerprint density at radius 2 is 0.781 bits per heavy atom. The minimum atomic E-state index is -0.443. The molecule has 1 atom stereocenters. The van der Waals surface area contributed by atoms with Crippen LogP contribution in [0.25, 0.3) is 0 Å². The van der Waals surface area contributed by atoms with Crippen LogP contribution in [0.15, 0.2) is 0 Å². The third-order valence-corrected chi connectivity index (χ3v) is 9.04. The van der Waals surface area contributed by atoms with Crippen LogP contribution in [0.3, 0.4) is 0 Å². The molecule has 0 aromatic rings. The highest BCUT2D eigenvalue weighted by atomic mass is 16.7. The highest BCUT2D eigenvalue weighted by Crippen LogP contribution is 2.50. The first-order valence-corrected chi connectivity index (χ1v) is 12.3. The second kappa shape index (κ2) is 7.99. The average molecular weight is 450 g/mol. The molecule has 0 aromatic carbocycles. The standard InChI is InChI=1S/C23H45B3O6/c1-14-16(15-24-27-18(2,3)19(4,5)28-24)17(25-29-20(6,7)21(8,9)30-25)26-31-22(10,11)23(12,13)32-26/h16-17H,14-15H2,1-13H3. The van der Waals surface area contributed by atoms with Gasteiger partial charge in [-0.3, -0.25) is 0 Å². The molecular weight excluding hydrogens is 405 g/mol. The molecule has 3 aliphatic heterocycles. The Morgan fingerprint density at radius 3 is 1.06 bits per heavy atom. The average Bonchev–Trinajstić information content (AvgIpc) is 3.01. The zero-order valence-electron chi connectivity index (χ0n) is 22.8. The normalized spacial score (nSPS) is 30.4. The molecule has 3 rings (SSSR count). The van der Waals surface area contributed by atoms with E-state index in [1.54, 1.807) is 0 Å². The second-order valence-electron chi connectivity index (χ2n) is 12.9. The first kappa shape index (κ1) is 26.6. The van der Waals surface area contributed by atoms with Crippen molar-refractivity contribution >= 4 is 21.4 Å². The Bertz CT molecular complexity index is 622. The van der Waals surface area contributed by atoms with E-state index in [9.17, 15) is 0 Å². The number of rotatable bonds is 6. The number of hydrogen-bond donors (Lipinski definition) is 0. The van der Waals surface area contributed by atoms with Crippen molar-refractivity contribution in [2.45, 2.75) is 142 Å².